The Morgan fingerprint density at radius 3 is 2.60 bits per heavy atom. The van der Waals surface area contributed by atoms with E-state index in [2.05, 4.69) is 27.0 Å². The zero-order valence-corrected chi connectivity index (χ0v) is 29.8. The Hall–Kier alpha value is -4.18. The van der Waals surface area contributed by atoms with Gasteiger partial charge in [-0.25, -0.2) is 4.39 Å². The molecule has 5 aliphatic rings. The van der Waals surface area contributed by atoms with E-state index in [9.17, 15) is 19.7 Å². The summed E-state index contributed by atoms with van der Waals surface area (Å²) < 4.78 is 22.8. The number of nitrogens with zero attached hydrogens (tertiary/aromatic N) is 10. The number of amides is 1. The first-order valence-electron chi connectivity index (χ1n) is 17.2. The highest BCUT2D eigenvalue weighted by Gasteiger charge is 2.52. The van der Waals surface area contributed by atoms with Crippen molar-refractivity contribution in [2.24, 2.45) is 0 Å². The second-order valence-corrected chi connectivity index (χ2v) is 16.1. The Labute approximate surface area is 299 Å². The van der Waals surface area contributed by atoms with Crippen LogP contribution in [0.4, 0.5) is 21.0 Å². The predicted octanol–water partition coefficient (Wildman–Crippen LogP) is 3.88. The molecule has 262 valence electrons. The van der Waals surface area contributed by atoms with Crippen LogP contribution in [0.3, 0.4) is 0 Å². The van der Waals surface area contributed by atoms with Crippen LogP contribution in [-0.2, 0) is 24.9 Å². The van der Waals surface area contributed by atoms with Gasteiger partial charge in [0.25, 0.3) is 5.91 Å². The van der Waals surface area contributed by atoms with Gasteiger partial charge in [-0.1, -0.05) is 11.6 Å². The van der Waals surface area contributed by atoms with Gasteiger partial charge < -0.3 is 25.2 Å². The number of nitrogens with two attached hydrogens (primary N) is 1. The maximum absolute atomic E-state index is 14.6. The van der Waals surface area contributed by atoms with Gasteiger partial charge in [-0.2, -0.15) is 25.6 Å². The number of nitriles is 2. The molecule has 3 saturated heterocycles. The summed E-state index contributed by atoms with van der Waals surface area (Å²) in [5.41, 5.74) is 8.43. The van der Waals surface area contributed by atoms with Crippen molar-refractivity contribution >= 4 is 45.5 Å². The lowest BCUT2D eigenvalue weighted by Crippen LogP contribution is -2.61. The van der Waals surface area contributed by atoms with Crippen molar-refractivity contribution in [3.05, 3.63) is 38.0 Å². The molecule has 0 bridgehead atoms. The first-order chi connectivity index (χ1) is 24.1. The van der Waals surface area contributed by atoms with Gasteiger partial charge in [0, 0.05) is 63.5 Å². The summed E-state index contributed by atoms with van der Waals surface area (Å²) in [5.74, 6) is 0.596. The number of fused-ring (bicyclic) bond motifs is 4. The van der Waals surface area contributed by atoms with Crippen LogP contribution in [0.2, 0.25) is 5.02 Å². The molecule has 3 aromatic heterocycles. The Morgan fingerprint density at radius 2 is 1.86 bits per heavy atom. The molecule has 3 fully saturated rings. The van der Waals surface area contributed by atoms with E-state index in [1.54, 1.807) is 18.8 Å². The van der Waals surface area contributed by atoms with Crippen LogP contribution in [0, 0.1) is 22.7 Å². The number of halogens is 2. The lowest BCUT2D eigenvalue weighted by atomic mass is 9.66. The molecule has 1 aliphatic carbocycles. The Morgan fingerprint density at radius 1 is 1.10 bits per heavy atom. The summed E-state index contributed by atoms with van der Waals surface area (Å²) in [6.45, 7) is 4.01. The molecule has 16 heteroatoms. The van der Waals surface area contributed by atoms with Crippen LogP contribution in [0.25, 0.3) is 0 Å². The van der Waals surface area contributed by atoms with Gasteiger partial charge in [-0.3, -0.25) is 14.4 Å². The van der Waals surface area contributed by atoms with Crippen molar-refractivity contribution in [3.63, 3.8) is 0 Å². The van der Waals surface area contributed by atoms with E-state index in [1.807, 2.05) is 4.90 Å². The van der Waals surface area contributed by atoms with Crippen molar-refractivity contribution in [2.45, 2.75) is 75.2 Å². The SMILES string of the molecule is CN(C)C(=O)c1nn2c(c1Cl)CN(c1nc(OC[C@@]34CCCN3C[C@H](F)C4)nc(N3CC4(CCCc5sc(N)c(C#N)c54)C3)c1C#N)CCC2. The summed E-state index contributed by atoms with van der Waals surface area (Å²) in [6, 6.07) is 4.89. The molecular formula is C34H39ClFN11O2S. The quantitative estimate of drug-likeness (QED) is 0.395. The molecule has 7 heterocycles. The van der Waals surface area contributed by atoms with E-state index in [1.165, 1.54) is 21.1 Å². The fourth-order valence-electron chi connectivity index (χ4n) is 8.91. The van der Waals surface area contributed by atoms with Crippen LogP contribution in [0.15, 0.2) is 0 Å². The zero-order valence-electron chi connectivity index (χ0n) is 28.2. The largest absolute Gasteiger partial charge is 0.461 e. The van der Waals surface area contributed by atoms with Crippen LogP contribution >= 0.6 is 22.9 Å². The molecular weight excluding hydrogens is 681 g/mol. The normalized spacial score (nSPS) is 23.8. The predicted molar refractivity (Wildman–Crippen MR) is 186 cm³/mol. The van der Waals surface area contributed by atoms with Gasteiger partial charge in [0.15, 0.2) is 17.3 Å². The second kappa shape index (κ2) is 12.2. The molecule has 0 radical (unpaired) electrons. The molecule has 1 amide bonds. The highest BCUT2D eigenvalue weighted by atomic mass is 35.5. The number of hydrogen-bond acceptors (Lipinski definition) is 12. The minimum atomic E-state index is -0.898. The van der Waals surface area contributed by atoms with E-state index in [4.69, 9.17) is 32.0 Å². The second-order valence-electron chi connectivity index (χ2n) is 14.6. The van der Waals surface area contributed by atoms with Crippen LogP contribution in [0.1, 0.15) is 76.3 Å². The number of thiophene rings is 1. The Bertz CT molecular complexity index is 1960. The number of aryl methyl sites for hydroxylation is 2. The molecule has 0 unspecified atom stereocenters. The highest BCUT2D eigenvalue weighted by molar-refractivity contribution is 7.16. The van der Waals surface area contributed by atoms with Crippen LogP contribution in [-0.4, -0.2) is 101 Å². The Kier molecular flexibility index (Phi) is 8.08. The minimum absolute atomic E-state index is 0.132. The molecule has 2 N–H and O–H groups in total. The maximum atomic E-state index is 14.6. The van der Waals surface area contributed by atoms with Gasteiger partial charge in [0.05, 0.1) is 28.4 Å². The van der Waals surface area contributed by atoms with Gasteiger partial charge >= 0.3 is 6.01 Å². The number of ether oxygens (including phenoxy) is 1. The van der Waals surface area contributed by atoms with Crippen LogP contribution in [0.5, 0.6) is 6.01 Å². The number of alkyl halides is 1. The lowest BCUT2D eigenvalue weighted by molar-refractivity contribution is 0.0821. The smallest absolute Gasteiger partial charge is 0.320 e. The van der Waals surface area contributed by atoms with E-state index in [0.29, 0.717) is 79.0 Å². The van der Waals surface area contributed by atoms with Gasteiger partial charge in [0.1, 0.15) is 35.5 Å². The van der Waals surface area contributed by atoms with Crippen molar-refractivity contribution in [3.8, 4) is 18.1 Å². The topological polar surface area (TPSA) is 156 Å². The van der Waals surface area contributed by atoms with Crippen molar-refractivity contribution < 1.29 is 13.9 Å². The monoisotopic (exact) mass is 719 g/mol. The number of nitrogen functional groups attached to an aromatic ring is 1. The molecule has 3 aromatic rings. The number of hydrogen-bond donors (Lipinski definition) is 1. The molecule has 8 rings (SSSR count). The summed E-state index contributed by atoms with van der Waals surface area (Å²) in [6.07, 6.45) is 4.82. The zero-order chi connectivity index (χ0) is 34.9. The van der Waals surface area contributed by atoms with Crippen LogP contribution < -0.4 is 20.3 Å². The maximum Gasteiger partial charge on any atom is 0.320 e. The summed E-state index contributed by atoms with van der Waals surface area (Å²) >= 11 is 8.31. The first kappa shape index (κ1) is 33.0. The highest BCUT2D eigenvalue weighted by Crippen LogP contribution is 2.51. The summed E-state index contributed by atoms with van der Waals surface area (Å²) in [4.78, 5) is 31.5. The molecule has 1 spiro atoms. The van der Waals surface area contributed by atoms with E-state index in [-0.39, 0.29) is 41.2 Å². The standard InChI is InChI=1S/C34H39ClFN11O2S/c1-43(2)31(48)27-26(35)23-16-44(9-5-11-47(23)42-27)29-22(14-38)30(41-32(40-29)49-19-34-8-4-10-46(34)15-20(36)12-34)45-17-33(18-45)7-3-6-24-25(33)21(13-37)28(39)50-24/h20H,3-12,15-19,39H2,1-2H3/t20-,34+/m1/s1. The summed E-state index contributed by atoms with van der Waals surface area (Å²) in [7, 11) is 3.32. The van der Waals surface area contributed by atoms with Crippen molar-refractivity contribution in [1.82, 2.24) is 29.5 Å². The third kappa shape index (κ3) is 5.16. The summed E-state index contributed by atoms with van der Waals surface area (Å²) in [5, 5.41) is 26.1. The van der Waals surface area contributed by atoms with E-state index >= 15 is 0 Å². The number of rotatable bonds is 6. The Balaban J connectivity index is 1.17. The first-order valence-corrected chi connectivity index (χ1v) is 18.4. The average Bonchev–Trinajstić information content (AvgIpc) is 3.75. The molecule has 13 nitrogen and oxygen atoms in total. The van der Waals surface area contributed by atoms with E-state index < -0.39 is 11.7 Å². The number of aromatic nitrogens is 4. The average molecular weight is 720 g/mol. The van der Waals surface area contributed by atoms with Crippen molar-refractivity contribution in [1.29, 1.82) is 10.5 Å². The third-order valence-corrected chi connectivity index (χ3v) is 12.7. The number of anilines is 3. The van der Waals surface area contributed by atoms with Gasteiger partial charge in [-0.05, 0) is 50.6 Å². The fraction of sp³-hybridized carbons (Fsp3) is 0.588. The molecule has 4 aliphatic heterocycles. The fourth-order valence-corrected chi connectivity index (χ4v) is 10.4. The molecule has 0 saturated carbocycles. The van der Waals surface area contributed by atoms with Gasteiger partial charge in [-0.15, -0.1) is 11.3 Å². The number of carbonyl (C=O) groups is 1. The van der Waals surface area contributed by atoms with Gasteiger partial charge in [0.2, 0.25) is 0 Å². The minimum Gasteiger partial charge on any atom is -0.461 e. The van der Waals surface area contributed by atoms with Crippen molar-refractivity contribution in [2.75, 3.05) is 69.0 Å². The third-order valence-electron chi connectivity index (χ3n) is 11.2. The molecule has 2 atom stereocenters. The van der Waals surface area contributed by atoms with E-state index in [0.717, 1.165) is 44.2 Å². The molecule has 50 heavy (non-hydrogen) atoms. The number of carbonyl (C=O) groups excluding carboxylic acids is 1. The molecule has 0 aromatic carbocycles. The lowest BCUT2D eigenvalue weighted by Gasteiger charge is -2.53.